The highest BCUT2D eigenvalue weighted by Crippen LogP contribution is 2.23. The molecule has 0 unspecified atom stereocenters. The predicted molar refractivity (Wildman–Crippen MR) is 82.7 cm³/mol. The van der Waals surface area contributed by atoms with Gasteiger partial charge in [0.25, 0.3) is 0 Å². The fourth-order valence-electron chi connectivity index (χ4n) is 1.49. The van der Waals surface area contributed by atoms with Gasteiger partial charge in [0.1, 0.15) is 6.07 Å². The minimum absolute atomic E-state index is 0.0127. The summed E-state index contributed by atoms with van der Waals surface area (Å²) < 4.78 is 6.20. The lowest BCUT2D eigenvalue weighted by molar-refractivity contribution is 0.222. The Morgan fingerprint density at radius 1 is 1.33 bits per heavy atom. The smallest absolute Gasteiger partial charge is 0.322 e. The van der Waals surface area contributed by atoms with Crippen molar-refractivity contribution in [3.63, 3.8) is 0 Å². The summed E-state index contributed by atoms with van der Waals surface area (Å²) in [5.41, 5.74) is 1.02. The molecule has 1 N–H and O–H groups in total. The summed E-state index contributed by atoms with van der Waals surface area (Å²) in [6.07, 6.45) is -0.0846. The van der Waals surface area contributed by atoms with E-state index in [2.05, 4.69) is 42.3 Å². The third-order valence-corrected chi connectivity index (χ3v) is 2.94. The lowest BCUT2D eigenvalue weighted by Crippen LogP contribution is -2.10. The number of hydrogen-bond acceptors (Lipinski definition) is 6. The van der Waals surface area contributed by atoms with E-state index in [-0.39, 0.29) is 23.3 Å². The number of rotatable bonds is 4. The van der Waals surface area contributed by atoms with E-state index in [0.717, 1.165) is 4.47 Å². The van der Waals surface area contributed by atoms with Crippen LogP contribution < -0.4 is 10.1 Å². The third-order valence-electron chi connectivity index (χ3n) is 2.28. The van der Waals surface area contributed by atoms with Gasteiger partial charge in [-0.15, -0.1) is 0 Å². The Bertz CT molecular complexity index is 701. The number of nitrogens with one attached hydrogen (secondary N) is 1. The second-order valence-electron chi connectivity index (χ2n) is 4.30. The first-order valence-corrected chi connectivity index (χ1v) is 7.20. The third kappa shape index (κ3) is 4.28. The molecule has 0 aliphatic heterocycles. The van der Waals surface area contributed by atoms with Crippen molar-refractivity contribution in [3.05, 3.63) is 33.5 Å². The standard InChI is InChI=1S/C13H11BrClN5O/c1-7(2)21-13-19-11(15)18-12(20-13)17-10-4-3-9(14)5-8(10)6-16/h3-5,7H,1-2H3,(H,17,18,19,20). The number of halogens is 2. The Hall–Kier alpha value is -1.91. The summed E-state index contributed by atoms with van der Waals surface area (Å²) in [5.74, 6) is 0.212. The lowest BCUT2D eigenvalue weighted by Gasteiger charge is -2.10. The molecule has 1 aromatic carbocycles. The molecule has 0 saturated heterocycles. The van der Waals surface area contributed by atoms with Crippen LogP contribution in [0, 0.1) is 11.3 Å². The van der Waals surface area contributed by atoms with Crippen molar-refractivity contribution in [2.75, 3.05) is 5.32 Å². The zero-order valence-corrected chi connectivity index (χ0v) is 13.6. The molecule has 6 nitrogen and oxygen atoms in total. The summed E-state index contributed by atoms with van der Waals surface area (Å²) >= 11 is 9.16. The quantitative estimate of drug-likeness (QED) is 0.886. The number of nitriles is 1. The first-order chi connectivity index (χ1) is 9.97. The predicted octanol–water partition coefficient (Wildman–Crippen LogP) is 3.69. The summed E-state index contributed by atoms with van der Waals surface area (Å²) in [5, 5.41) is 12.1. The molecule has 2 rings (SSSR count). The summed E-state index contributed by atoms with van der Waals surface area (Å²) in [7, 11) is 0. The van der Waals surface area contributed by atoms with E-state index in [1.165, 1.54) is 0 Å². The molecule has 0 amide bonds. The van der Waals surface area contributed by atoms with Crippen molar-refractivity contribution in [1.29, 1.82) is 5.26 Å². The molecule has 0 aliphatic rings. The molecule has 0 saturated carbocycles. The fourth-order valence-corrected chi connectivity index (χ4v) is 2.00. The van der Waals surface area contributed by atoms with E-state index >= 15 is 0 Å². The normalized spacial score (nSPS) is 10.3. The van der Waals surface area contributed by atoms with Gasteiger partial charge < -0.3 is 10.1 Å². The Kier molecular flexibility index (Phi) is 4.94. The highest BCUT2D eigenvalue weighted by Gasteiger charge is 2.10. The van der Waals surface area contributed by atoms with Gasteiger partial charge in [0, 0.05) is 4.47 Å². The van der Waals surface area contributed by atoms with Crippen LogP contribution in [0.4, 0.5) is 11.6 Å². The number of aromatic nitrogens is 3. The maximum absolute atomic E-state index is 9.13. The van der Waals surface area contributed by atoms with Crippen molar-refractivity contribution >= 4 is 39.2 Å². The molecule has 8 heteroatoms. The number of nitrogens with zero attached hydrogens (tertiary/aromatic N) is 4. The van der Waals surface area contributed by atoms with Crippen molar-refractivity contribution < 1.29 is 4.74 Å². The van der Waals surface area contributed by atoms with Crippen LogP contribution in [0.1, 0.15) is 19.4 Å². The van der Waals surface area contributed by atoms with Gasteiger partial charge in [0.05, 0.1) is 17.4 Å². The van der Waals surface area contributed by atoms with E-state index in [9.17, 15) is 0 Å². The minimum Gasteiger partial charge on any atom is -0.461 e. The Labute approximate surface area is 135 Å². The van der Waals surface area contributed by atoms with Gasteiger partial charge in [0.15, 0.2) is 0 Å². The Morgan fingerprint density at radius 2 is 2.10 bits per heavy atom. The second kappa shape index (κ2) is 6.70. The molecule has 108 valence electrons. The van der Waals surface area contributed by atoms with E-state index in [0.29, 0.717) is 11.3 Å². The summed E-state index contributed by atoms with van der Waals surface area (Å²) in [4.78, 5) is 12.0. The van der Waals surface area contributed by atoms with Gasteiger partial charge in [-0.2, -0.15) is 20.2 Å². The Balaban J connectivity index is 2.31. The highest BCUT2D eigenvalue weighted by atomic mass is 79.9. The van der Waals surface area contributed by atoms with Gasteiger partial charge in [-0.1, -0.05) is 15.9 Å². The van der Waals surface area contributed by atoms with Gasteiger partial charge in [-0.3, -0.25) is 0 Å². The molecule has 0 aliphatic carbocycles. The first-order valence-electron chi connectivity index (χ1n) is 6.03. The van der Waals surface area contributed by atoms with Crippen molar-refractivity contribution in [2.45, 2.75) is 20.0 Å². The van der Waals surface area contributed by atoms with Crippen molar-refractivity contribution in [1.82, 2.24) is 15.0 Å². The molecule has 0 spiro atoms. The molecule has 1 heterocycles. The fraction of sp³-hybridized carbons (Fsp3) is 0.231. The average Bonchev–Trinajstić information content (AvgIpc) is 2.39. The molecular formula is C13H11BrClN5O. The van der Waals surface area contributed by atoms with Gasteiger partial charge in [0.2, 0.25) is 11.2 Å². The number of benzene rings is 1. The van der Waals surface area contributed by atoms with E-state index in [4.69, 9.17) is 21.6 Å². The number of anilines is 2. The van der Waals surface area contributed by atoms with Crippen molar-refractivity contribution in [2.24, 2.45) is 0 Å². The lowest BCUT2D eigenvalue weighted by atomic mass is 10.2. The molecule has 21 heavy (non-hydrogen) atoms. The summed E-state index contributed by atoms with van der Waals surface area (Å²) in [6, 6.07) is 7.45. The molecule has 0 bridgehead atoms. The van der Waals surface area contributed by atoms with Crippen LogP contribution in [0.5, 0.6) is 6.01 Å². The average molecular weight is 369 g/mol. The minimum atomic E-state index is -0.0846. The topological polar surface area (TPSA) is 83.7 Å². The largest absolute Gasteiger partial charge is 0.461 e. The molecule has 0 atom stereocenters. The number of hydrogen-bond donors (Lipinski definition) is 1. The second-order valence-corrected chi connectivity index (χ2v) is 5.56. The Morgan fingerprint density at radius 3 is 2.76 bits per heavy atom. The molecule has 0 radical (unpaired) electrons. The number of ether oxygens (including phenoxy) is 1. The van der Waals surface area contributed by atoms with Crippen LogP contribution in [0.15, 0.2) is 22.7 Å². The maximum Gasteiger partial charge on any atom is 0.322 e. The van der Waals surface area contributed by atoms with Gasteiger partial charge >= 0.3 is 6.01 Å². The monoisotopic (exact) mass is 367 g/mol. The zero-order chi connectivity index (χ0) is 15.4. The van der Waals surface area contributed by atoms with E-state index in [1.807, 2.05) is 13.8 Å². The molecule has 2 aromatic rings. The maximum atomic E-state index is 9.13. The van der Waals surface area contributed by atoms with Crippen LogP contribution in [0.2, 0.25) is 5.28 Å². The van der Waals surface area contributed by atoms with Crippen LogP contribution in [0.25, 0.3) is 0 Å². The van der Waals surface area contributed by atoms with Crippen molar-refractivity contribution in [3.8, 4) is 12.1 Å². The summed E-state index contributed by atoms with van der Waals surface area (Å²) in [6.45, 7) is 3.71. The van der Waals surface area contributed by atoms with Gasteiger partial charge in [-0.25, -0.2) is 0 Å². The first kappa shape index (κ1) is 15.5. The SMILES string of the molecule is CC(C)Oc1nc(Cl)nc(Nc2ccc(Br)cc2C#N)n1. The van der Waals surface area contributed by atoms with Crippen LogP contribution in [-0.2, 0) is 0 Å². The molecule has 1 aromatic heterocycles. The van der Waals surface area contributed by atoms with Crippen LogP contribution in [0.3, 0.4) is 0 Å². The highest BCUT2D eigenvalue weighted by molar-refractivity contribution is 9.10. The molecule has 0 fully saturated rings. The van der Waals surface area contributed by atoms with Crippen LogP contribution >= 0.6 is 27.5 Å². The zero-order valence-electron chi connectivity index (χ0n) is 11.3. The van der Waals surface area contributed by atoms with Gasteiger partial charge in [-0.05, 0) is 43.6 Å². The van der Waals surface area contributed by atoms with E-state index < -0.39 is 0 Å². The van der Waals surface area contributed by atoms with Crippen LogP contribution in [-0.4, -0.2) is 21.1 Å². The van der Waals surface area contributed by atoms with E-state index in [1.54, 1.807) is 18.2 Å². The molecular weight excluding hydrogens is 358 g/mol.